The average molecular weight is 352 g/mol. The van der Waals surface area contributed by atoms with E-state index in [9.17, 15) is 4.79 Å². The summed E-state index contributed by atoms with van der Waals surface area (Å²) in [5.74, 6) is -0.0890. The molecule has 0 radical (unpaired) electrons. The van der Waals surface area contributed by atoms with Gasteiger partial charge in [0.1, 0.15) is 0 Å². The van der Waals surface area contributed by atoms with Gasteiger partial charge in [-0.25, -0.2) is 0 Å². The summed E-state index contributed by atoms with van der Waals surface area (Å²) < 4.78 is 11.4. The van der Waals surface area contributed by atoms with Gasteiger partial charge in [0.05, 0.1) is 16.7 Å². The molecule has 0 bridgehead atoms. The van der Waals surface area contributed by atoms with Crippen LogP contribution in [-0.4, -0.2) is 37.9 Å². The number of halogens is 1. The fraction of sp³-hybridized carbons (Fsp3) is 0.632. The smallest absolute Gasteiger partial charge is 0.253 e. The van der Waals surface area contributed by atoms with E-state index in [2.05, 4.69) is 5.32 Å². The van der Waals surface area contributed by atoms with E-state index in [0.29, 0.717) is 17.2 Å². The average Bonchev–Trinajstić information content (AvgIpc) is 2.57. The maximum atomic E-state index is 12.8. The Morgan fingerprint density at radius 3 is 2.67 bits per heavy atom. The Bertz CT molecular complexity index is 625. The standard InChI is InChI=1S/C19H26ClNO3/c1-4-24-17-11-16(19(17)5-7-23-8-6-19)21-18(22)14-9-12(2)13(3)10-15(14)20/h9-10,16-17H,4-8,11H2,1-3H3,(H,21,22)/t16-,17-/m1/s1. The van der Waals surface area contributed by atoms with Crippen LogP contribution in [0.2, 0.25) is 5.02 Å². The predicted octanol–water partition coefficient (Wildman–Crippen LogP) is 3.66. The van der Waals surface area contributed by atoms with Crippen LogP contribution in [0.3, 0.4) is 0 Å². The lowest BCUT2D eigenvalue weighted by Crippen LogP contribution is -2.66. The molecule has 0 aromatic heterocycles. The monoisotopic (exact) mass is 351 g/mol. The molecule has 1 saturated heterocycles. The summed E-state index contributed by atoms with van der Waals surface area (Å²) >= 11 is 6.29. The second-order valence-electron chi connectivity index (χ2n) is 6.97. The molecular formula is C19H26ClNO3. The number of nitrogens with one attached hydrogen (secondary N) is 1. The third-order valence-electron chi connectivity index (χ3n) is 5.71. The van der Waals surface area contributed by atoms with Gasteiger partial charge in [0, 0.05) is 31.3 Å². The van der Waals surface area contributed by atoms with Crippen molar-refractivity contribution in [3.05, 3.63) is 33.8 Å². The number of carbonyl (C=O) groups excluding carboxylic acids is 1. The number of hydrogen-bond acceptors (Lipinski definition) is 3. The molecule has 1 spiro atoms. The zero-order valence-corrected chi connectivity index (χ0v) is 15.4. The summed E-state index contributed by atoms with van der Waals surface area (Å²) in [5.41, 5.74) is 2.74. The summed E-state index contributed by atoms with van der Waals surface area (Å²) in [6, 6.07) is 3.87. The molecule has 132 valence electrons. The van der Waals surface area contributed by atoms with Gasteiger partial charge in [-0.05, 0) is 63.3 Å². The van der Waals surface area contributed by atoms with Gasteiger partial charge in [0.15, 0.2) is 0 Å². The second kappa shape index (κ2) is 7.03. The number of hydrogen-bond donors (Lipinski definition) is 1. The van der Waals surface area contributed by atoms with Gasteiger partial charge in [-0.2, -0.15) is 0 Å². The van der Waals surface area contributed by atoms with Crippen LogP contribution in [0.5, 0.6) is 0 Å². The van der Waals surface area contributed by atoms with Crippen molar-refractivity contribution < 1.29 is 14.3 Å². The quantitative estimate of drug-likeness (QED) is 0.900. The van der Waals surface area contributed by atoms with Crippen LogP contribution in [0.4, 0.5) is 0 Å². The number of rotatable bonds is 4. The molecule has 5 heteroatoms. The molecule has 4 nitrogen and oxygen atoms in total. The SMILES string of the molecule is CCO[C@@H]1C[C@@H](NC(=O)c2cc(C)c(C)cc2Cl)C12CCOCC2. The van der Waals surface area contributed by atoms with E-state index in [1.165, 1.54) is 0 Å². The zero-order chi connectivity index (χ0) is 17.3. The van der Waals surface area contributed by atoms with Gasteiger partial charge in [0.2, 0.25) is 0 Å². The molecule has 1 aromatic carbocycles. The minimum Gasteiger partial charge on any atom is -0.381 e. The van der Waals surface area contributed by atoms with Gasteiger partial charge in [-0.3, -0.25) is 4.79 Å². The normalized spacial score (nSPS) is 25.3. The largest absolute Gasteiger partial charge is 0.381 e. The van der Waals surface area contributed by atoms with Crippen molar-refractivity contribution in [1.82, 2.24) is 5.32 Å². The number of ether oxygens (including phenoxy) is 2. The Kier molecular flexibility index (Phi) is 5.19. The highest BCUT2D eigenvalue weighted by atomic mass is 35.5. The van der Waals surface area contributed by atoms with Crippen molar-refractivity contribution in [1.29, 1.82) is 0 Å². The Labute approximate surface area is 148 Å². The van der Waals surface area contributed by atoms with Crippen molar-refractivity contribution in [2.45, 2.75) is 52.2 Å². The summed E-state index contributed by atoms with van der Waals surface area (Å²) in [6.07, 6.45) is 2.95. The van der Waals surface area contributed by atoms with Crippen LogP contribution in [-0.2, 0) is 9.47 Å². The van der Waals surface area contributed by atoms with Gasteiger partial charge < -0.3 is 14.8 Å². The minimum absolute atomic E-state index is 0.0101. The van der Waals surface area contributed by atoms with Crippen LogP contribution in [0, 0.1) is 19.3 Å². The molecule has 0 unspecified atom stereocenters. The van der Waals surface area contributed by atoms with Crippen LogP contribution >= 0.6 is 11.6 Å². The fourth-order valence-corrected chi connectivity index (χ4v) is 4.30. The minimum atomic E-state index is -0.0890. The Balaban J connectivity index is 1.75. The van der Waals surface area contributed by atoms with Gasteiger partial charge in [-0.15, -0.1) is 0 Å². The highest BCUT2D eigenvalue weighted by Gasteiger charge is 2.56. The Morgan fingerprint density at radius 2 is 2.00 bits per heavy atom. The fourth-order valence-electron chi connectivity index (χ4n) is 4.00. The highest BCUT2D eigenvalue weighted by Crippen LogP contribution is 2.50. The molecule has 2 atom stereocenters. The zero-order valence-electron chi connectivity index (χ0n) is 14.7. The maximum absolute atomic E-state index is 12.8. The molecule has 3 rings (SSSR count). The maximum Gasteiger partial charge on any atom is 0.253 e. The van der Waals surface area contributed by atoms with E-state index in [-0.39, 0.29) is 23.5 Å². The van der Waals surface area contributed by atoms with E-state index in [0.717, 1.165) is 43.6 Å². The van der Waals surface area contributed by atoms with Crippen molar-refractivity contribution in [2.75, 3.05) is 19.8 Å². The molecule has 2 fully saturated rings. The second-order valence-corrected chi connectivity index (χ2v) is 7.37. The first-order valence-corrected chi connectivity index (χ1v) is 9.12. The third kappa shape index (κ3) is 3.07. The number of benzene rings is 1. The van der Waals surface area contributed by atoms with Crippen LogP contribution in [0.15, 0.2) is 12.1 Å². The van der Waals surface area contributed by atoms with E-state index in [1.54, 1.807) is 0 Å². The molecule has 24 heavy (non-hydrogen) atoms. The highest BCUT2D eigenvalue weighted by molar-refractivity contribution is 6.34. The van der Waals surface area contributed by atoms with Crippen LogP contribution < -0.4 is 5.32 Å². The molecule has 1 aliphatic carbocycles. The van der Waals surface area contributed by atoms with Crippen LogP contribution in [0.1, 0.15) is 47.7 Å². The Morgan fingerprint density at radius 1 is 1.33 bits per heavy atom. The lowest BCUT2D eigenvalue weighted by atomic mass is 9.57. The van der Waals surface area contributed by atoms with Gasteiger partial charge >= 0.3 is 0 Å². The summed E-state index contributed by atoms with van der Waals surface area (Å²) in [5, 5.41) is 3.72. The molecular weight excluding hydrogens is 326 g/mol. The number of carbonyl (C=O) groups is 1. The van der Waals surface area contributed by atoms with E-state index < -0.39 is 0 Å². The van der Waals surface area contributed by atoms with Crippen molar-refractivity contribution >= 4 is 17.5 Å². The van der Waals surface area contributed by atoms with E-state index in [4.69, 9.17) is 21.1 Å². The van der Waals surface area contributed by atoms with E-state index >= 15 is 0 Å². The molecule has 1 aromatic rings. The molecule has 1 saturated carbocycles. The topological polar surface area (TPSA) is 47.6 Å². The molecule has 1 heterocycles. The molecule has 1 N–H and O–H groups in total. The van der Waals surface area contributed by atoms with Gasteiger partial charge in [-0.1, -0.05) is 11.6 Å². The summed E-state index contributed by atoms with van der Waals surface area (Å²) in [7, 11) is 0. The number of aryl methyl sites for hydroxylation is 2. The summed E-state index contributed by atoms with van der Waals surface area (Å²) in [6.45, 7) is 8.20. The predicted molar refractivity (Wildman–Crippen MR) is 94.7 cm³/mol. The lowest BCUT2D eigenvalue weighted by molar-refractivity contribution is -0.170. The van der Waals surface area contributed by atoms with Crippen molar-refractivity contribution in [2.24, 2.45) is 5.41 Å². The molecule has 2 aliphatic rings. The van der Waals surface area contributed by atoms with Gasteiger partial charge in [0.25, 0.3) is 5.91 Å². The van der Waals surface area contributed by atoms with Crippen molar-refractivity contribution in [3.8, 4) is 0 Å². The lowest BCUT2D eigenvalue weighted by Gasteiger charge is -2.57. The molecule has 1 aliphatic heterocycles. The summed E-state index contributed by atoms with van der Waals surface area (Å²) in [4.78, 5) is 12.8. The first-order chi connectivity index (χ1) is 11.5. The van der Waals surface area contributed by atoms with E-state index in [1.807, 2.05) is 32.9 Å². The number of amides is 1. The first-order valence-electron chi connectivity index (χ1n) is 8.75. The Hall–Kier alpha value is -1.10. The van der Waals surface area contributed by atoms with Crippen molar-refractivity contribution in [3.63, 3.8) is 0 Å². The molecule has 1 amide bonds. The third-order valence-corrected chi connectivity index (χ3v) is 6.02. The van der Waals surface area contributed by atoms with Crippen LogP contribution in [0.25, 0.3) is 0 Å². The first kappa shape index (κ1) is 17.7.